The number of anilines is 6. The van der Waals surface area contributed by atoms with E-state index in [1.165, 1.54) is 38.0 Å². The largest absolute Gasteiger partial charge is 0.443 e. The molecule has 5 aliphatic heterocycles. The van der Waals surface area contributed by atoms with Gasteiger partial charge in [-0.05, 0) is 178 Å². The zero-order chi connectivity index (χ0) is 86.7. The minimum absolute atomic E-state index is 0.00407. The van der Waals surface area contributed by atoms with E-state index in [2.05, 4.69) is 40.5 Å². The van der Waals surface area contributed by atoms with E-state index in [9.17, 15) is 69.3 Å². The Hall–Kier alpha value is -9.06. The van der Waals surface area contributed by atoms with E-state index in [-0.39, 0.29) is 25.5 Å². The van der Waals surface area contributed by atoms with Crippen LogP contribution in [0.5, 0.6) is 0 Å². The van der Waals surface area contributed by atoms with Crippen molar-refractivity contribution in [1.29, 1.82) is 0 Å². The van der Waals surface area contributed by atoms with Crippen LogP contribution in [0.1, 0.15) is 111 Å². The number of rotatable bonds is 13. The van der Waals surface area contributed by atoms with Crippen LogP contribution < -0.4 is 36.3 Å². The fourth-order valence-corrected chi connectivity index (χ4v) is 19.6. The number of nitrogens with zero attached hydrogens (tertiary/aromatic N) is 10. The van der Waals surface area contributed by atoms with Crippen molar-refractivity contribution in [3.05, 3.63) is 215 Å². The van der Waals surface area contributed by atoms with Gasteiger partial charge in [-0.1, -0.05) is 123 Å². The summed E-state index contributed by atoms with van der Waals surface area (Å²) in [5.41, 5.74) is 2.88. The Morgan fingerprint density at radius 1 is 0.500 bits per heavy atom. The number of benzene rings is 7. The van der Waals surface area contributed by atoms with Gasteiger partial charge in [-0.3, -0.25) is 26.7 Å². The lowest BCUT2D eigenvalue weighted by atomic mass is 10.1. The Labute approximate surface area is 704 Å². The molecule has 0 saturated carbocycles. The lowest BCUT2D eigenvalue weighted by Crippen LogP contribution is -2.48. The molecule has 0 bridgehead atoms. The molecule has 0 atom stereocenters. The van der Waals surface area contributed by atoms with Gasteiger partial charge < -0.3 is 19.3 Å². The van der Waals surface area contributed by atoms with Gasteiger partial charge in [-0.25, -0.2) is 27.9 Å². The third kappa shape index (κ3) is 30.3. The van der Waals surface area contributed by atoms with Gasteiger partial charge in [0.15, 0.2) is 0 Å². The first-order valence-corrected chi connectivity index (χ1v) is 47.6. The first-order chi connectivity index (χ1) is 55.5. The highest BCUT2D eigenvalue weighted by Crippen LogP contribution is 2.32. The molecule has 12 rings (SSSR count). The van der Waals surface area contributed by atoms with Gasteiger partial charge in [0.2, 0.25) is 5.91 Å². The summed E-state index contributed by atoms with van der Waals surface area (Å²) >= 11 is 3.22. The summed E-state index contributed by atoms with van der Waals surface area (Å²) in [5, 5.41) is 0. The molecule has 0 spiro atoms. The Balaban J connectivity index is 0.000000203. The second-order valence-corrected chi connectivity index (χ2v) is 40.4. The van der Waals surface area contributed by atoms with E-state index in [4.69, 9.17) is 14.3 Å². The van der Waals surface area contributed by atoms with E-state index in [1.807, 2.05) is 83.8 Å². The van der Waals surface area contributed by atoms with Gasteiger partial charge in [-0.15, -0.1) is 0 Å². The maximum absolute atomic E-state index is 15.0. The molecule has 5 saturated heterocycles. The van der Waals surface area contributed by atoms with Gasteiger partial charge in [-0.2, -0.15) is 68.1 Å². The summed E-state index contributed by atoms with van der Waals surface area (Å²) < 4.78 is 202. The van der Waals surface area contributed by atoms with Crippen LogP contribution in [-0.4, -0.2) is 182 Å². The molecule has 5 fully saturated rings. The Bertz CT molecular complexity index is 5230. The zero-order valence-corrected chi connectivity index (χ0v) is 73.5. The third-order valence-corrected chi connectivity index (χ3v) is 26.7. The molecule has 31 nitrogen and oxygen atoms in total. The number of piperazine rings is 1. The van der Waals surface area contributed by atoms with Crippen LogP contribution in [0.25, 0.3) is 0 Å². The summed E-state index contributed by atoms with van der Waals surface area (Å²) in [4.78, 5) is 48.0. The predicted octanol–water partition coefficient (Wildman–Crippen LogP) is 12.3. The van der Waals surface area contributed by atoms with Gasteiger partial charge in [0.1, 0.15) is 22.8 Å². The van der Waals surface area contributed by atoms with E-state index in [0.717, 1.165) is 60.3 Å². The average molecular weight is 1840 g/mol. The molecule has 7 aromatic carbocycles. The van der Waals surface area contributed by atoms with Crippen molar-refractivity contribution in [2.24, 2.45) is 4.40 Å². The second kappa shape index (κ2) is 43.8. The molecular weight excluding hydrogens is 1740 g/mol. The molecule has 7 aromatic rings. The summed E-state index contributed by atoms with van der Waals surface area (Å²) in [5.74, 6) is -0.772. The first kappa shape index (κ1) is 96.1. The van der Waals surface area contributed by atoms with Crippen molar-refractivity contribution >= 4 is 145 Å². The topological polar surface area (TPSA) is 369 Å². The Morgan fingerprint density at radius 3 is 1.30 bits per heavy atom. The highest BCUT2D eigenvalue weighted by atomic mass is 79.9. The number of para-hydroxylation sites is 5. The molecule has 41 heteroatoms. The maximum Gasteiger partial charge on any atom is 0.425 e. The van der Waals surface area contributed by atoms with Crippen LogP contribution in [0.2, 0.25) is 0 Å². The highest BCUT2D eigenvalue weighted by molar-refractivity contribution is 9.10. The number of halogens is 4. The van der Waals surface area contributed by atoms with E-state index < -0.39 is 95.3 Å². The predicted molar refractivity (Wildman–Crippen MR) is 456 cm³/mol. The monoisotopic (exact) mass is 1840 g/mol. The van der Waals surface area contributed by atoms with E-state index in [0.29, 0.717) is 123 Å². The summed E-state index contributed by atoms with van der Waals surface area (Å²) in [6, 6.07) is 54.0. The molecule has 0 aromatic heterocycles. The van der Waals surface area contributed by atoms with Crippen LogP contribution in [-0.2, 0) is 92.4 Å². The number of carbonyl (C=O) groups excluding carboxylic acids is 4. The minimum atomic E-state index is -4.00. The summed E-state index contributed by atoms with van der Waals surface area (Å²) in [6.07, 6.45) is 4.99. The number of hydrogen-bond acceptors (Lipinski definition) is 19. The van der Waals surface area contributed by atoms with Crippen molar-refractivity contribution in [2.45, 2.75) is 124 Å². The lowest BCUT2D eigenvalue weighted by molar-refractivity contribution is -0.129. The van der Waals surface area contributed by atoms with E-state index in [1.54, 1.807) is 155 Å². The van der Waals surface area contributed by atoms with Crippen LogP contribution in [0, 0.1) is 11.6 Å². The van der Waals surface area contributed by atoms with Crippen LogP contribution in [0.15, 0.2) is 197 Å². The minimum Gasteiger partial charge on any atom is -0.443 e. The zero-order valence-electron chi connectivity index (χ0n) is 66.2. The quantitative estimate of drug-likeness (QED) is 0.0548. The van der Waals surface area contributed by atoms with Gasteiger partial charge in [0.05, 0.1) is 28.4 Å². The molecule has 118 heavy (non-hydrogen) atoms. The van der Waals surface area contributed by atoms with Crippen molar-refractivity contribution in [3.63, 3.8) is 0 Å². The number of hydrogen-bond donors (Lipinski definition) is 3. The molecule has 0 aliphatic carbocycles. The fraction of sp³-hybridized carbons (Fsp3) is 0.403. The van der Waals surface area contributed by atoms with Crippen molar-refractivity contribution < 1.29 is 87.9 Å². The smallest absolute Gasteiger partial charge is 0.425 e. The van der Waals surface area contributed by atoms with Gasteiger partial charge in [0.25, 0.3) is 6.08 Å². The number of nitrogens with one attached hydrogen (secondary N) is 3. The first-order valence-electron chi connectivity index (χ1n) is 37.4. The lowest BCUT2D eigenvalue weighted by Gasteiger charge is -2.35. The molecule has 0 unspecified atom stereocenters. The van der Waals surface area contributed by atoms with Crippen molar-refractivity contribution in [1.82, 2.24) is 27.3 Å². The number of amides is 3. The molecular formula is C77H99BrClF2N13O18S6. The molecule has 3 N–H and O–H groups in total. The van der Waals surface area contributed by atoms with Crippen molar-refractivity contribution in [2.75, 3.05) is 105 Å². The Kier molecular flexibility index (Phi) is 35.6. The summed E-state index contributed by atoms with van der Waals surface area (Å²) in [7, 11) is -18.3. The van der Waals surface area contributed by atoms with E-state index >= 15 is 4.39 Å². The molecule has 5 aliphatic rings. The van der Waals surface area contributed by atoms with Crippen molar-refractivity contribution in [3.8, 4) is 0 Å². The van der Waals surface area contributed by atoms with Gasteiger partial charge in [0, 0.05) is 131 Å². The normalized spacial score (nSPS) is 17.6. The number of ether oxygens (including phenoxy) is 2. The number of isocyanates is 1. The standard InChI is InChI=1S/C23H29FN4O3S.C17H18BrFN2O2S.C15H22N2O4S.C11H16N2O4S.C10H14N2O2S.CClNO3S/c1-19(29)25-13-15-26(16-14-25)22-10-9-20(23(24)17-22)18-27-11-5-6-12-28(32(27,30)31)21-7-3-2-4-8-21;18-15-9-8-14(17(19)12-15)13-20-10-4-5-11-21(24(20,22)23)16-6-2-1-3-7-16;1-15(2,3)21-14(18)17-12-8-7-11-16(22(17,19)20)13-9-5-4-6-10-13;1-11(2,3)17-10(14)13-18(15,16)12-9-7-5-4-6-8-9;13-15(14)11-8-4-5-9-12(15)10-6-2-1-3-7-10;2-7(5,6)3-1-4/h2-4,7-10,17H,5-6,11-16,18H2,1H3;1-3,6-9,12H,4-5,10-11,13H2;4-6,9-10H,7-8,11-12H2,1-3H3;4-8,12H,1-3H3,(H,13,14);1-3,6-7,11H,4-5,8-9H2;. The average Bonchev–Trinajstić information content (AvgIpc) is 1.47. The molecule has 644 valence electrons. The maximum atomic E-state index is 15.0. The Morgan fingerprint density at radius 2 is 0.890 bits per heavy atom. The third-order valence-electron chi connectivity index (χ3n) is 17.5. The highest BCUT2D eigenvalue weighted by Gasteiger charge is 2.39. The SMILES string of the molecule is CC(=O)N1CCN(c2ccc(CN3CCCCN(c4ccccc4)S3(=O)=O)c(F)c2)CC1.CC(C)(C)OC(=O)N1CCCCN(c2ccccc2)S1(=O)=O.CC(C)(C)OC(=O)NS(=O)(=O)Nc1ccccc1.O=C=NS(=O)(=O)Cl.O=S1(=O)N(Cc2ccc(Br)cc2F)CCCCN1c1ccccc1.O=S1(=O)NCCCCN1c1ccccc1. The van der Waals surface area contributed by atoms with Gasteiger partial charge >= 0.3 is 72.5 Å². The van der Waals surface area contributed by atoms with Crippen LogP contribution in [0.4, 0.5) is 52.5 Å². The summed E-state index contributed by atoms with van der Waals surface area (Å²) in [6.45, 7) is 17.3. The van der Waals surface area contributed by atoms with Crippen LogP contribution in [0.3, 0.4) is 0 Å². The number of carbonyl (C=O) groups is 3. The molecule has 3 amide bonds. The second-order valence-electron chi connectivity index (χ2n) is 28.8. The molecule has 5 heterocycles. The molecule has 0 radical (unpaired) electrons. The fourth-order valence-electron chi connectivity index (χ4n) is 12.0. The van der Waals surface area contributed by atoms with Crippen LogP contribution >= 0.6 is 26.6 Å².